The third-order valence-corrected chi connectivity index (χ3v) is 7.82. The van der Waals surface area contributed by atoms with Crippen LogP contribution >= 0.6 is 0 Å². The van der Waals surface area contributed by atoms with Crippen LogP contribution < -0.4 is 0 Å². The van der Waals surface area contributed by atoms with Gasteiger partial charge in [0.15, 0.2) is 0 Å². The Hall–Kier alpha value is -5.24. The number of aryl methyl sites for hydroxylation is 2. The summed E-state index contributed by atoms with van der Waals surface area (Å²) in [6.07, 6.45) is 2.28. The predicted molar refractivity (Wildman–Crippen MR) is 156 cm³/mol. The molecule has 42 heavy (non-hydrogen) atoms. The number of hydrogen-bond acceptors (Lipinski definition) is 4. The Bertz CT molecular complexity index is 1710. The average molecular weight is 564 g/mol. The zero-order valence-electron chi connectivity index (χ0n) is 22.9. The molecule has 4 aromatic carbocycles. The fraction of sp³-hybridized carbons (Fsp3) is 0.176. The van der Waals surface area contributed by atoms with Gasteiger partial charge in [-0.05, 0) is 71.7 Å². The van der Waals surface area contributed by atoms with Gasteiger partial charge >= 0.3 is 17.9 Å². The number of carboxylic acids is 3. The quantitative estimate of drug-likeness (QED) is 0.224. The molecular formula is C34H29NO7. The van der Waals surface area contributed by atoms with Crippen LogP contribution in [0.5, 0.6) is 0 Å². The molecule has 0 saturated heterocycles. The lowest BCUT2D eigenvalue weighted by molar-refractivity contribution is 0.0611. The number of carboxylic acid groups (broad SMARTS) is 3. The van der Waals surface area contributed by atoms with E-state index in [1.165, 1.54) is 0 Å². The molecular weight excluding hydrogens is 534 g/mol. The van der Waals surface area contributed by atoms with E-state index < -0.39 is 46.5 Å². The van der Waals surface area contributed by atoms with E-state index in [0.717, 1.165) is 58.4 Å². The van der Waals surface area contributed by atoms with Crippen LogP contribution in [0.2, 0.25) is 0 Å². The van der Waals surface area contributed by atoms with E-state index in [1.54, 1.807) is 4.90 Å². The molecule has 0 fully saturated rings. The average Bonchev–Trinajstić information content (AvgIpc) is 2.99. The lowest BCUT2D eigenvalue weighted by Crippen LogP contribution is -2.37. The van der Waals surface area contributed by atoms with Crippen molar-refractivity contribution in [2.24, 2.45) is 0 Å². The van der Waals surface area contributed by atoms with Gasteiger partial charge in [-0.1, -0.05) is 72.8 Å². The first kappa shape index (κ1) is 28.3. The van der Waals surface area contributed by atoms with Crippen molar-refractivity contribution < 1.29 is 34.5 Å². The molecule has 0 radical (unpaired) electrons. The third kappa shape index (κ3) is 5.51. The molecule has 0 aromatic heterocycles. The number of carbonyl (C=O) groups excluding carboxylic acids is 1. The first-order valence-electron chi connectivity index (χ1n) is 13.6. The minimum absolute atomic E-state index is 0.133. The fourth-order valence-corrected chi connectivity index (χ4v) is 5.72. The van der Waals surface area contributed by atoms with Gasteiger partial charge in [0.25, 0.3) is 5.91 Å². The second-order valence-corrected chi connectivity index (χ2v) is 10.4. The number of aromatic carboxylic acids is 3. The highest BCUT2D eigenvalue weighted by Crippen LogP contribution is 2.37. The Labute approximate surface area is 242 Å². The first-order chi connectivity index (χ1) is 20.2. The summed E-state index contributed by atoms with van der Waals surface area (Å²) in [5.41, 5.74) is 3.79. The van der Waals surface area contributed by atoms with Crippen LogP contribution in [0.25, 0.3) is 11.1 Å². The summed E-state index contributed by atoms with van der Waals surface area (Å²) >= 11 is 0. The van der Waals surface area contributed by atoms with Gasteiger partial charge < -0.3 is 20.2 Å². The van der Waals surface area contributed by atoms with E-state index >= 15 is 0 Å². The summed E-state index contributed by atoms with van der Waals surface area (Å²) < 4.78 is 0. The number of hydrogen-bond donors (Lipinski definition) is 3. The van der Waals surface area contributed by atoms with Crippen LogP contribution in [-0.2, 0) is 13.0 Å². The van der Waals surface area contributed by atoms with Crippen LogP contribution in [0, 0.1) is 6.92 Å². The Morgan fingerprint density at radius 2 is 1.31 bits per heavy atom. The van der Waals surface area contributed by atoms with Crippen LogP contribution in [0.1, 0.15) is 82.6 Å². The fourth-order valence-electron chi connectivity index (χ4n) is 5.72. The summed E-state index contributed by atoms with van der Waals surface area (Å²) in [5.74, 6) is -5.37. The van der Waals surface area contributed by atoms with Gasteiger partial charge in [-0.25, -0.2) is 14.4 Å². The van der Waals surface area contributed by atoms with Crippen molar-refractivity contribution in [3.8, 4) is 11.1 Å². The minimum atomic E-state index is -1.60. The number of fused-ring (bicyclic) bond motifs is 1. The highest BCUT2D eigenvalue weighted by atomic mass is 16.4. The van der Waals surface area contributed by atoms with E-state index in [9.17, 15) is 34.5 Å². The molecule has 1 aliphatic rings. The monoisotopic (exact) mass is 563 g/mol. The summed E-state index contributed by atoms with van der Waals surface area (Å²) in [6.45, 7) is 2.17. The third-order valence-electron chi connectivity index (χ3n) is 7.82. The van der Waals surface area contributed by atoms with Gasteiger partial charge in [-0.3, -0.25) is 4.79 Å². The maximum Gasteiger partial charge on any atom is 0.336 e. The second-order valence-electron chi connectivity index (χ2n) is 10.4. The Morgan fingerprint density at radius 3 is 1.95 bits per heavy atom. The lowest BCUT2D eigenvalue weighted by atomic mass is 9.86. The number of benzene rings is 4. The van der Waals surface area contributed by atoms with E-state index in [-0.39, 0.29) is 12.1 Å². The molecule has 0 spiro atoms. The van der Waals surface area contributed by atoms with E-state index in [1.807, 2.05) is 79.7 Å². The molecule has 1 amide bonds. The van der Waals surface area contributed by atoms with Gasteiger partial charge in [-0.2, -0.15) is 0 Å². The highest BCUT2D eigenvalue weighted by molar-refractivity contribution is 6.10. The van der Waals surface area contributed by atoms with Crippen molar-refractivity contribution in [2.45, 2.75) is 38.8 Å². The molecule has 212 valence electrons. The van der Waals surface area contributed by atoms with Gasteiger partial charge in [0.05, 0.1) is 28.3 Å². The van der Waals surface area contributed by atoms with Crippen molar-refractivity contribution >= 4 is 23.8 Å². The molecule has 0 heterocycles. The number of carbonyl (C=O) groups is 4. The zero-order chi connectivity index (χ0) is 30.0. The molecule has 8 heteroatoms. The largest absolute Gasteiger partial charge is 0.478 e. The Kier molecular flexibility index (Phi) is 7.88. The summed E-state index contributed by atoms with van der Waals surface area (Å²) in [6, 6.07) is 24.8. The summed E-state index contributed by atoms with van der Waals surface area (Å²) in [7, 11) is 0. The van der Waals surface area contributed by atoms with Crippen molar-refractivity contribution in [1.82, 2.24) is 4.90 Å². The van der Waals surface area contributed by atoms with Gasteiger partial charge in [0.2, 0.25) is 0 Å². The molecule has 3 N–H and O–H groups in total. The van der Waals surface area contributed by atoms with Gasteiger partial charge in [-0.15, -0.1) is 0 Å². The smallest absolute Gasteiger partial charge is 0.336 e. The van der Waals surface area contributed by atoms with Crippen molar-refractivity contribution in [1.29, 1.82) is 0 Å². The molecule has 0 aliphatic heterocycles. The molecule has 8 nitrogen and oxygen atoms in total. The van der Waals surface area contributed by atoms with Crippen molar-refractivity contribution in [3.05, 3.63) is 129 Å². The normalized spacial score (nSPS) is 14.1. The Morgan fingerprint density at radius 1 is 0.738 bits per heavy atom. The number of nitrogens with zero attached hydrogens (tertiary/aromatic N) is 1. The summed E-state index contributed by atoms with van der Waals surface area (Å²) in [5, 5.41) is 29.2. The number of rotatable bonds is 8. The SMILES string of the molecule is Cc1ccccc1-c1ccc(CN(C(=O)c2cc(C(=O)O)c(C(=O)O)cc2C(=O)O)[C@H]2CCCc3ccccc32)cc1. The summed E-state index contributed by atoms with van der Waals surface area (Å²) in [4.78, 5) is 51.8. The predicted octanol–water partition coefficient (Wildman–Crippen LogP) is 6.48. The van der Waals surface area contributed by atoms with Crippen molar-refractivity contribution in [3.63, 3.8) is 0 Å². The minimum Gasteiger partial charge on any atom is -0.478 e. The molecule has 0 bridgehead atoms. The van der Waals surface area contributed by atoms with Crippen LogP contribution in [-0.4, -0.2) is 44.0 Å². The maximum atomic E-state index is 14.3. The van der Waals surface area contributed by atoms with E-state index in [2.05, 4.69) is 0 Å². The van der Waals surface area contributed by atoms with Crippen LogP contribution in [0.15, 0.2) is 84.9 Å². The highest BCUT2D eigenvalue weighted by Gasteiger charge is 2.33. The molecule has 1 atom stereocenters. The topological polar surface area (TPSA) is 132 Å². The van der Waals surface area contributed by atoms with Gasteiger partial charge in [0.1, 0.15) is 0 Å². The molecule has 0 unspecified atom stereocenters. The molecule has 4 aromatic rings. The first-order valence-corrected chi connectivity index (χ1v) is 13.6. The zero-order valence-corrected chi connectivity index (χ0v) is 22.9. The van der Waals surface area contributed by atoms with E-state index in [4.69, 9.17) is 0 Å². The second kappa shape index (κ2) is 11.7. The van der Waals surface area contributed by atoms with Crippen LogP contribution in [0.3, 0.4) is 0 Å². The molecule has 5 rings (SSSR count). The molecule has 0 saturated carbocycles. The van der Waals surface area contributed by atoms with Crippen molar-refractivity contribution in [2.75, 3.05) is 0 Å². The van der Waals surface area contributed by atoms with Gasteiger partial charge in [0, 0.05) is 6.54 Å². The van der Waals surface area contributed by atoms with E-state index in [0.29, 0.717) is 6.42 Å². The van der Waals surface area contributed by atoms with Crippen LogP contribution in [0.4, 0.5) is 0 Å². The lowest BCUT2D eigenvalue weighted by Gasteiger charge is -2.36. The standard InChI is InChI=1S/C34H29NO7/c1-20-7-2-4-10-24(20)23-15-13-21(14-16-23)19-35(30-12-6-9-22-8-3-5-11-25(22)30)31(36)26-17-28(33(39)40)29(34(41)42)18-27(26)32(37)38/h2-5,7-8,10-11,13-18,30H,6,9,12,19H2,1H3,(H,37,38)(H,39,40)(H,41,42)/t30-/m0/s1. The molecule has 1 aliphatic carbocycles. The number of amides is 1. The Balaban J connectivity index is 1.61. The maximum absolute atomic E-state index is 14.3.